The number of hydrogen-bond acceptors (Lipinski definition) is 3. The van der Waals surface area contributed by atoms with Gasteiger partial charge < -0.3 is 9.47 Å². The Morgan fingerprint density at radius 1 is 1.47 bits per heavy atom. The SMILES string of the molecule is CCOC(=O)N[C@@H](OCCCl)C(Cl)(Cl)Cl. The van der Waals surface area contributed by atoms with Crippen LogP contribution in [0.2, 0.25) is 0 Å². The van der Waals surface area contributed by atoms with Crippen LogP contribution < -0.4 is 5.32 Å². The fraction of sp³-hybridized carbons (Fsp3) is 0.857. The number of hydrogen-bond donors (Lipinski definition) is 1. The minimum Gasteiger partial charge on any atom is -0.450 e. The number of halogens is 4. The summed E-state index contributed by atoms with van der Waals surface area (Å²) in [5.41, 5.74) is 0. The molecule has 0 saturated heterocycles. The van der Waals surface area contributed by atoms with Crippen LogP contribution in [0.1, 0.15) is 6.92 Å². The van der Waals surface area contributed by atoms with Crippen molar-refractivity contribution in [1.29, 1.82) is 0 Å². The highest BCUT2D eigenvalue weighted by atomic mass is 35.6. The fourth-order valence-electron chi connectivity index (χ4n) is 0.660. The summed E-state index contributed by atoms with van der Waals surface area (Å²) in [5.74, 6) is 0.224. The topological polar surface area (TPSA) is 47.6 Å². The molecule has 0 heterocycles. The first-order chi connectivity index (χ1) is 6.91. The number of ether oxygens (including phenoxy) is 2. The number of alkyl halides is 4. The average Bonchev–Trinajstić information content (AvgIpc) is 2.10. The van der Waals surface area contributed by atoms with Crippen molar-refractivity contribution in [2.24, 2.45) is 0 Å². The van der Waals surface area contributed by atoms with Crippen LogP contribution in [-0.2, 0) is 9.47 Å². The molecule has 0 aromatic heterocycles. The summed E-state index contributed by atoms with van der Waals surface area (Å²) in [6, 6.07) is 0. The molecule has 15 heavy (non-hydrogen) atoms. The van der Waals surface area contributed by atoms with Gasteiger partial charge in [0.05, 0.1) is 13.2 Å². The van der Waals surface area contributed by atoms with Crippen LogP contribution in [0.3, 0.4) is 0 Å². The molecular weight excluding hydrogens is 288 g/mol. The number of nitrogens with one attached hydrogen (secondary N) is 1. The maximum absolute atomic E-state index is 11.0. The van der Waals surface area contributed by atoms with Gasteiger partial charge in [0.25, 0.3) is 0 Å². The molecule has 1 N–H and O–H groups in total. The summed E-state index contributed by atoms with van der Waals surface area (Å²) in [6.07, 6.45) is -1.82. The predicted molar refractivity (Wildman–Crippen MR) is 60.9 cm³/mol. The molecule has 0 bridgehead atoms. The van der Waals surface area contributed by atoms with E-state index in [1.54, 1.807) is 6.92 Å². The van der Waals surface area contributed by atoms with Gasteiger partial charge in [0.15, 0.2) is 6.23 Å². The molecule has 1 amide bonds. The first-order valence-electron chi connectivity index (χ1n) is 4.09. The maximum atomic E-state index is 11.0. The number of amides is 1. The lowest BCUT2D eigenvalue weighted by molar-refractivity contribution is 0.0377. The van der Waals surface area contributed by atoms with E-state index in [-0.39, 0.29) is 19.1 Å². The van der Waals surface area contributed by atoms with Crippen molar-refractivity contribution in [2.45, 2.75) is 16.9 Å². The summed E-state index contributed by atoms with van der Waals surface area (Å²) in [5, 5.41) is 2.25. The molecule has 0 aliphatic heterocycles. The van der Waals surface area contributed by atoms with Gasteiger partial charge in [-0.05, 0) is 6.92 Å². The maximum Gasteiger partial charge on any atom is 0.409 e. The van der Waals surface area contributed by atoms with E-state index in [0.29, 0.717) is 0 Å². The van der Waals surface area contributed by atoms with Gasteiger partial charge in [-0.25, -0.2) is 4.79 Å². The largest absolute Gasteiger partial charge is 0.450 e. The van der Waals surface area contributed by atoms with Gasteiger partial charge in [-0.2, -0.15) is 0 Å². The molecule has 1 atom stereocenters. The molecule has 0 saturated carbocycles. The molecule has 0 unspecified atom stereocenters. The lowest BCUT2D eigenvalue weighted by Crippen LogP contribution is -2.46. The first-order valence-corrected chi connectivity index (χ1v) is 5.76. The van der Waals surface area contributed by atoms with Crippen LogP contribution in [0, 0.1) is 0 Å². The second kappa shape index (κ2) is 7.63. The summed E-state index contributed by atoms with van der Waals surface area (Å²) >= 11 is 22.1. The van der Waals surface area contributed by atoms with E-state index in [1.807, 2.05) is 0 Å². The number of carbonyl (C=O) groups excluding carboxylic acids is 1. The second-order valence-electron chi connectivity index (χ2n) is 2.35. The predicted octanol–water partition coefficient (Wildman–Crippen LogP) is 2.68. The minimum atomic E-state index is -1.78. The summed E-state index contributed by atoms with van der Waals surface area (Å²) in [7, 11) is 0. The van der Waals surface area contributed by atoms with Crippen LogP contribution >= 0.6 is 46.4 Å². The molecule has 0 radical (unpaired) electrons. The Morgan fingerprint density at radius 2 is 2.07 bits per heavy atom. The molecule has 0 aromatic rings. The molecule has 90 valence electrons. The lowest BCUT2D eigenvalue weighted by atomic mass is 10.6. The van der Waals surface area contributed by atoms with E-state index >= 15 is 0 Å². The van der Waals surface area contributed by atoms with E-state index in [2.05, 4.69) is 10.1 Å². The van der Waals surface area contributed by atoms with Crippen molar-refractivity contribution in [1.82, 2.24) is 5.32 Å². The zero-order valence-corrected chi connectivity index (χ0v) is 11.0. The van der Waals surface area contributed by atoms with Gasteiger partial charge in [-0.3, -0.25) is 5.32 Å². The standard InChI is InChI=1S/C7H11Cl4NO3/c1-2-14-6(13)12-5(7(9,10)11)15-4-3-8/h5H,2-4H2,1H3,(H,12,13)/t5-/m0/s1. The molecule has 0 aliphatic carbocycles. The third-order valence-corrected chi connectivity index (χ3v) is 1.93. The molecule has 4 nitrogen and oxygen atoms in total. The summed E-state index contributed by atoms with van der Waals surface area (Å²) in [4.78, 5) is 11.0. The van der Waals surface area contributed by atoms with Crippen molar-refractivity contribution in [2.75, 3.05) is 19.1 Å². The van der Waals surface area contributed by atoms with Crippen molar-refractivity contribution < 1.29 is 14.3 Å². The zero-order chi connectivity index (χ0) is 11.9. The summed E-state index contributed by atoms with van der Waals surface area (Å²) < 4.78 is 7.86. The van der Waals surface area contributed by atoms with Crippen molar-refractivity contribution in [3.05, 3.63) is 0 Å². The number of carbonyl (C=O) groups is 1. The van der Waals surface area contributed by atoms with E-state index in [1.165, 1.54) is 0 Å². The van der Waals surface area contributed by atoms with E-state index in [0.717, 1.165) is 0 Å². The monoisotopic (exact) mass is 297 g/mol. The molecular formula is C7H11Cl4NO3. The Balaban J connectivity index is 4.18. The molecule has 0 fully saturated rings. The van der Waals surface area contributed by atoms with Crippen LogP contribution in [0.5, 0.6) is 0 Å². The molecule has 0 aromatic carbocycles. The van der Waals surface area contributed by atoms with Crippen LogP contribution in [-0.4, -0.2) is 35.2 Å². The number of rotatable bonds is 5. The highest BCUT2D eigenvalue weighted by molar-refractivity contribution is 6.68. The zero-order valence-electron chi connectivity index (χ0n) is 7.94. The molecule has 0 rings (SSSR count). The average molecular weight is 299 g/mol. The third-order valence-electron chi connectivity index (χ3n) is 1.18. The van der Waals surface area contributed by atoms with Gasteiger partial charge >= 0.3 is 6.09 Å². The van der Waals surface area contributed by atoms with E-state index < -0.39 is 16.1 Å². The summed E-state index contributed by atoms with van der Waals surface area (Å²) in [6.45, 7) is 2.02. The fourth-order valence-corrected chi connectivity index (χ4v) is 1.10. The minimum absolute atomic E-state index is 0.145. The van der Waals surface area contributed by atoms with Crippen LogP contribution in [0.25, 0.3) is 0 Å². The first kappa shape index (κ1) is 15.4. The third kappa shape index (κ3) is 7.30. The van der Waals surface area contributed by atoms with Crippen LogP contribution in [0.4, 0.5) is 4.79 Å². The van der Waals surface area contributed by atoms with Gasteiger partial charge in [0.2, 0.25) is 3.79 Å². The second-order valence-corrected chi connectivity index (χ2v) is 5.09. The molecule has 0 spiro atoms. The van der Waals surface area contributed by atoms with Crippen molar-refractivity contribution in [3.63, 3.8) is 0 Å². The van der Waals surface area contributed by atoms with Crippen molar-refractivity contribution in [3.8, 4) is 0 Å². The lowest BCUT2D eigenvalue weighted by Gasteiger charge is -2.24. The Morgan fingerprint density at radius 3 is 2.47 bits per heavy atom. The Bertz CT molecular complexity index is 197. The van der Waals surface area contributed by atoms with Crippen molar-refractivity contribution >= 4 is 52.5 Å². The Labute approximate surface area is 108 Å². The van der Waals surface area contributed by atoms with Gasteiger partial charge in [0, 0.05) is 5.88 Å². The molecule has 0 aliphatic rings. The van der Waals surface area contributed by atoms with Gasteiger partial charge in [-0.1, -0.05) is 34.8 Å². The van der Waals surface area contributed by atoms with E-state index in [9.17, 15) is 4.79 Å². The normalized spacial score (nSPS) is 13.4. The molecule has 8 heteroatoms. The van der Waals surface area contributed by atoms with E-state index in [4.69, 9.17) is 51.1 Å². The smallest absolute Gasteiger partial charge is 0.409 e. The van der Waals surface area contributed by atoms with Gasteiger partial charge in [0.1, 0.15) is 0 Å². The van der Waals surface area contributed by atoms with Crippen LogP contribution in [0.15, 0.2) is 0 Å². The highest BCUT2D eigenvalue weighted by Gasteiger charge is 2.35. The Kier molecular flexibility index (Phi) is 7.83. The highest BCUT2D eigenvalue weighted by Crippen LogP contribution is 2.30. The number of alkyl carbamates (subject to hydrolysis) is 1. The quantitative estimate of drug-likeness (QED) is 0.627. The Hall–Kier alpha value is 0.390. The van der Waals surface area contributed by atoms with Gasteiger partial charge in [-0.15, -0.1) is 11.6 Å².